The van der Waals surface area contributed by atoms with Crippen LogP contribution in [0.5, 0.6) is 0 Å². The molecular weight excluding hydrogens is 166 g/mol. The van der Waals surface area contributed by atoms with Crippen LogP contribution < -0.4 is 0 Å². The lowest BCUT2D eigenvalue weighted by atomic mass is 10.2. The maximum Gasteiger partial charge on any atom is 0.102 e. The van der Waals surface area contributed by atoms with Gasteiger partial charge in [0.15, 0.2) is 0 Å². The smallest absolute Gasteiger partial charge is 0.102 e. The quantitative estimate of drug-likeness (QED) is 0.371. The van der Waals surface area contributed by atoms with Gasteiger partial charge in [0, 0.05) is 23.5 Å². The Labute approximate surface area is 74.2 Å². The monoisotopic (exact) mass is 173 g/mol. The summed E-state index contributed by atoms with van der Waals surface area (Å²) in [4.78, 5) is 2.74. The van der Waals surface area contributed by atoms with E-state index in [2.05, 4.69) is 15.1 Å². The van der Waals surface area contributed by atoms with E-state index in [-0.39, 0.29) is 0 Å². The van der Waals surface area contributed by atoms with Gasteiger partial charge in [-0.25, -0.2) is 0 Å². The molecule has 0 saturated heterocycles. The SMILES string of the molecule is Cn1cc2cccc(N=[N+]=[N-])c2n1. The number of aromatic nitrogens is 2. The number of benzene rings is 1. The van der Waals surface area contributed by atoms with Gasteiger partial charge in [0.25, 0.3) is 0 Å². The maximum atomic E-state index is 8.31. The molecule has 1 aromatic carbocycles. The first-order valence-electron chi connectivity index (χ1n) is 3.79. The van der Waals surface area contributed by atoms with Gasteiger partial charge >= 0.3 is 0 Å². The zero-order valence-corrected chi connectivity index (χ0v) is 7.05. The molecule has 0 unspecified atom stereocenters. The number of azide groups is 1. The van der Waals surface area contributed by atoms with Crippen LogP contribution in [-0.2, 0) is 7.05 Å². The van der Waals surface area contributed by atoms with Gasteiger partial charge in [-0.15, -0.1) is 0 Å². The van der Waals surface area contributed by atoms with Crippen molar-refractivity contribution in [2.45, 2.75) is 0 Å². The van der Waals surface area contributed by atoms with E-state index < -0.39 is 0 Å². The summed E-state index contributed by atoms with van der Waals surface area (Å²) in [5, 5.41) is 8.72. The summed E-state index contributed by atoms with van der Waals surface area (Å²) < 4.78 is 1.70. The molecule has 0 radical (unpaired) electrons. The maximum absolute atomic E-state index is 8.31. The lowest BCUT2D eigenvalue weighted by molar-refractivity contribution is 0.780. The number of hydrogen-bond acceptors (Lipinski definition) is 2. The van der Waals surface area contributed by atoms with Gasteiger partial charge in [-0.2, -0.15) is 5.10 Å². The first kappa shape index (κ1) is 7.64. The van der Waals surface area contributed by atoms with Gasteiger partial charge in [0.1, 0.15) is 5.52 Å². The number of fused-ring (bicyclic) bond motifs is 1. The molecule has 2 aromatic rings. The predicted octanol–water partition coefficient (Wildman–Crippen LogP) is 2.52. The molecule has 1 aromatic heterocycles. The van der Waals surface area contributed by atoms with Crippen molar-refractivity contribution in [3.8, 4) is 0 Å². The second kappa shape index (κ2) is 2.80. The normalized spacial score (nSPS) is 9.92. The summed E-state index contributed by atoms with van der Waals surface area (Å²) in [5.41, 5.74) is 9.62. The number of nitrogens with zero attached hydrogens (tertiary/aromatic N) is 5. The van der Waals surface area contributed by atoms with Gasteiger partial charge in [-0.3, -0.25) is 4.68 Å². The Morgan fingerprint density at radius 2 is 2.38 bits per heavy atom. The summed E-state index contributed by atoms with van der Waals surface area (Å²) in [6, 6.07) is 5.52. The van der Waals surface area contributed by atoms with Crippen molar-refractivity contribution in [3.05, 3.63) is 34.8 Å². The second-order valence-corrected chi connectivity index (χ2v) is 2.71. The van der Waals surface area contributed by atoms with Crippen molar-refractivity contribution in [2.75, 3.05) is 0 Å². The van der Waals surface area contributed by atoms with Gasteiger partial charge in [0.2, 0.25) is 0 Å². The Balaban J connectivity index is 2.81. The molecule has 0 aliphatic rings. The molecule has 1 heterocycles. The second-order valence-electron chi connectivity index (χ2n) is 2.71. The van der Waals surface area contributed by atoms with Crippen LogP contribution in [0.2, 0.25) is 0 Å². The first-order valence-corrected chi connectivity index (χ1v) is 3.79. The molecule has 0 atom stereocenters. The lowest BCUT2D eigenvalue weighted by Gasteiger charge is -1.90. The van der Waals surface area contributed by atoms with E-state index in [4.69, 9.17) is 5.53 Å². The van der Waals surface area contributed by atoms with Crippen molar-refractivity contribution in [1.29, 1.82) is 0 Å². The Hall–Kier alpha value is -2.00. The van der Waals surface area contributed by atoms with Crippen molar-refractivity contribution >= 4 is 16.6 Å². The zero-order chi connectivity index (χ0) is 9.26. The van der Waals surface area contributed by atoms with E-state index in [0.29, 0.717) is 5.69 Å². The summed E-state index contributed by atoms with van der Waals surface area (Å²) in [5.74, 6) is 0. The average Bonchev–Trinajstić information content (AvgIpc) is 2.47. The molecule has 0 fully saturated rings. The number of hydrogen-bond donors (Lipinski definition) is 0. The molecule has 0 amide bonds. The standard InChI is InChI=1S/C8H7N5/c1-13-5-6-3-2-4-7(10-12-9)8(6)11-13/h2-5H,1H3. The van der Waals surface area contributed by atoms with Gasteiger partial charge in [-0.05, 0) is 5.53 Å². The van der Waals surface area contributed by atoms with Crippen LogP contribution in [0.15, 0.2) is 29.5 Å². The van der Waals surface area contributed by atoms with E-state index in [9.17, 15) is 0 Å². The highest BCUT2D eigenvalue weighted by atomic mass is 15.3. The molecule has 64 valence electrons. The summed E-state index contributed by atoms with van der Waals surface area (Å²) >= 11 is 0. The Bertz CT molecular complexity index is 492. The molecule has 5 heteroatoms. The molecular formula is C8H7N5. The highest BCUT2D eigenvalue weighted by molar-refractivity contribution is 5.88. The fourth-order valence-corrected chi connectivity index (χ4v) is 1.28. The van der Waals surface area contributed by atoms with E-state index >= 15 is 0 Å². The fraction of sp³-hybridized carbons (Fsp3) is 0.125. The highest BCUT2D eigenvalue weighted by Crippen LogP contribution is 2.23. The number of aryl methyl sites for hydroxylation is 1. The summed E-state index contributed by atoms with van der Waals surface area (Å²) in [6.07, 6.45) is 1.88. The van der Waals surface area contributed by atoms with Crippen LogP contribution in [0.1, 0.15) is 0 Å². The minimum Gasteiger partial charge on any atom is -0.275 e. The molecule has 0 spiro atoms. The third kappa shape index (κ3) is 1.21. The van der Waals surface area contributed by atoms with Gasteiger partial charge < -0.3 is 0 Å². The third-order valence-corrected chi connectivity index (χ3v) is 1.78. The topological polar surface area (TPSA) is 66.6 Å². The van der Waals surface area contributed by atoms with E-state index in [0.717, 1.165) is 10.9 Å². The van der Waals surface area contributed by atoms with E-state index in [1.807, 2.05) is 25.4 Å². The van der Waals surface area contributed by atoms with Crippen molar-refractivity contribution < 1.29 is 0 Å². The van der Waals surface area contributed by atoms with Crippen LogP contribution in [0.25, 0.3) is 21.3 Å². The predicted molar refractivity (Wildman–Crippen MR) is 49.5 cm³/mol. The molecule has 0 bridgehead atoms. The Morgan fingerprint density at radius 3 is 3.15 bits per heavy atom. The molecule has 0 saturated carbocycles. The highest BCUT2D eigenvalue weighted by Gasteiger charge is 2.01. The van der Waals surface area contributed by atoms with Crippen molar-refractivity contribution in [1.82, 2.24) is 9.78 Å². The molecule has 0 aliphatic heterocycles. The summed E-state index contributed by atoms with van der Waals surface area (Å²) in [7, 11) is 1.83. The van der Waals surface area contributed by atoms with Crippen LogP contribution in [0, 0.1) is 0 Å². The minimum absolute atomic E-state index is 0.570. The minimum atomic E-state index is 0.570. The molecule has 5 nitrogen and oxygen atoms in total. The Morgan fingerprint density at radius 1 is 1.54 bits per heavy atom. The van der Waals surface area contributed by atoms with Crippen LogP contribution in [-0.4, -0.2) is 9.78 Å². The van der Waals surface area contributed by atoms with Gasteiger partial charge in [-0.1, -0.05) is 23.3 Å². The van der Waals surface area contributed by atoms with E-state index in [1.54, 1.807) is 10.7 Å². The fourth-order valence-electron chi connectivity index (χ4n) is 1.28. The Kier molecular flexibility index (Phi) is 1.65. The van der Waals surface area contributed by atoms with Gasteiger partial charge in [0.05, 0.1) is 5.69 Å². The van der Waals surface area contributed by atoms with Crippen molar-refractivity contribution in [3.63, 3.8) is 0 Å². The molecule has 0 aliphatic carbocycles. The largest absolute Gasteiger partial charge is 0.275 e. The van der Waals surface area contributed by atoms with Crippen LogP contribution in [0.4, 0.5) is 5.69 Å². The van der Waals surface area contributed by atoms with Crippen LogP contribution in [0.3, 0.4) is 0 Å². The average molecular weight is 173 g/mol. The lowest BCUT2D eigenvalue weighted by Crippen LogP contribution is -1.84. The van der Waals surface area contributed by atoms with Crippen molar-refractivity contribution in [2.24, 2.45) is 12.2 Å². The van der Waals surface area contributed by atoms with Crippen LogP contribution >= 0.6 is 0 Å². The third-order valence-electron chi connectivity index (χ3n) is 1.78. The first-order chi connectivity index (χ1) is 6.31. The molecule has 13 heavy (non-hydrogen) atoms. The summed E-state index contributed by atoms with van der Waals surface area (Å²) in [6.45, 7) is 0. The zero-order valence-electron chi connectivity index (χ0n) is 7.05. The number of rotatable bonds is 1. The van der Waals surface area contributed by atoms with E-state index in [1.165, 1.54) is 0 Å². The molecule has 2 rings (SSSR count). The molecule has 0 N–H and O–H groups in total.